The lowest BCUT2D eigenvalue weighted by molar-refractivity contribution is -0.140. The summed E-state index contributed by atoms with van der Waals surface area (Å²) in [5.74, 6) is 1.02. The lowest BCUT2D eigenvalue weighted by atomic mass is 9.77. The average molecular weight is 266 g/mol. The molecule has 3 unspecified atom stereocenters. The third kappa shape index (κ3) is 3.71. The fraction of sp³-hybridized carbons (Fsp3) is 0.938. The Morgan fingerprint density at radius 3 is 2.68 bits per heavy atom. The van der Waals surface area contributed by atoms with Crippen LogP contribution in [0.25, 0.3) is 0 Å². The predicted octanol–water partition coefficient (Wildman–Crippen LogP) is 2.79. The number of hydrogen-bond acceptors (Lipinski definition) is 2. The van der Waals surface area contributed by atoms with Crippen LogP contribution in [0.1, 0.15) is 59.3 Å². The second kappa shape index (κ2) is 5.82. The number of carbonyl (C=O) groups excluding carboxylic acids is 1. The van der Waals surface area contributed by atoms with Gasteiger partial charge in [0.05, 0.1) is 0 Å². The van der Waals surface area contributed by atoms with Crippen LogP contribution in [0, 0.1) is 17.3 Å². The fourth-order valence-electron chi connectivity index (χ4n) is 3.82. The van der Waals surface area contributed by atoms with Gasteiger partial charge < -0.3 is 10.6 Å². The average Bonchev–Trinajstić information content (AvgIpc) is 2.36. The van der Waals surface area contributed by atoms with Crippen molar-refractivity contribution in [2.75, 3.05) is 13.1 Å². The van der Waals surface area contributed by atoms with Crippen molar-refractivity contribution >= 4 is 5.91 Å². The highest BCUT2D eigenvalue weighted by Crippen LogP contribution is 2.33. The van der Waals surface area contributed by atoms with Crippen LogP contribution in [0.2, 0.25) is 0 Å². The van der Waals surface area contributed by atoms with Gasteiger partial charge in [0, 0.05) is 25.0 Å². The van der Waals surface area contributed by atoms with E-state index in [0.29, 0.717) is 17.9 Å². The van der Waals surface area contributed by atoms with E-state index < -0.39 is 0 Å². The molecule has 0 spiro atoms. The van der Waals surface area contributed by atoms with Crippen LogP contribution in [0.15, 0.2) is 0 Å². The molecule has 1 heterocycles. The number of likely N-dealkylation sites (tertiary alicyclic amines) is 1. The van der Waals surface area contributed by atoms with Gasteiger partial charge >= 0.3 is 0 Å². The summed E-state index contributed by atoms with van der Waals surface area (Å²) in [5.41, 5.74) is 6.35. The highest BCUT2D eigenvalue weighted by molar-refractivity contribution is 5.79. The van der Waals surface area contributed by atoms with Crippen molar-refractivity contribution in [3.63, 3.8) is 0 Å². The zero-order chi connectivity index (χ0) is 14.0. The van der Waals surface area contributed by atoms with Gasteiger partial charge in [-0.2, -0.15) is 0 Å². The maximum atomic E-state index is 12.7. The van der Waals surface area contributed by atoms with E-state index in [4.69, 9.17) is 5.73 Å². The van der Waals surface area contributed by atoms with Crippen LogP contribution in [0.3, 0.4) is 0 Å². The molecule has 2 rings (SSSR count). The molecule has 1 saturated heterocycles. The Hall–Kier alpha value is -0.570. The second-order valence-electron chi connectivity index (χ2n) is 7.50. The standard InChI is InChI=1S/C16H30N2O/c1-12(13-6-4-7-14(17)10-13)15(19)18-9-5-8-16(2,3)11-18/h12-14H,4-11,17H2,1-3H3. The van der Waals surface area contributed by atoms with Gasteiger partial charge in [-0.15, -0.1) is 0 Å². The molecule has 3 atom stereocenters. The van der Waals surface area contributed by atoms with Crippen molar-refractivity contribution in [1.82, 2.24) is 4.90 Å². The zero-order valence-corrected chi connectivity index (χ0v) is 12.8. The van der Waals surface area contributed by atoms with E-state index in [1.54, 1.807) is 0 Å². The Kier molecular flexibility index (Phi) is 4.54. The molecular formula is C16H30N2O. The zero-order valence-electron chi connectivity index (χ0n) is 12.8. The van der Waals surface area contributed by atoms with Crippen molar-refractivity contribution in [2.45, 2.75) is 65.3 Å². The van der Waals surface area contributed by atoms with E-state index >= 15 is 0 Å². The molecule has 1 saturated carbocycles. The Morgan fingerprint density at radius 2 is 2.05 bits per heavy atom. The summed E-state index contributed by atoms with van der Waals surface area (Å²) in [6.07, 6.45) is 6.92. The van der Waals surface area contributed by atoms with E-state index in [2.05, 4.69) is 25.7 Å². The summed E-state index contributed by atoms with van der Waals surface area (Å²) in [6, 6.07) is 0.312. The Labute approximate surface area is 117 Å². The van der Waals surface area contributed by atoms with E-state index in [-0.39, 0.29) is 11.3 Å². The minimum Gasteiger partial charge on any atom is -0.342 e. The molecule has 19 heavy (non-hydrogen) atoms. The van der Waals surface area contributed by atoms with Gasteiger partial charge in [0.2, 0.25) is 5.91 Å². The van der Waals surface area contributed by atoms with Crippen LogP contribution in [0.5, 0.6) is 0 Å². The molecule has 1 amide bonds. The van der Waals surface area contributed by atoms with Crippen molar-refractivity contribution in [3.05, 3.63) is 0 Å². The van der Waals surface area contributed by atoms with Crippen molar-refractivity contribution < 1.29 is 4.79 Å². The van der Waals surface area contributed by atoms with E-state index in [9.17, 15) is 4.79 Å². The van der Waals surface area contributed by atoms with Crippen LogP contribution >= 0.6 is 0 Å². The number of piperidine rings is 1. The van der Waals surface area contributed by atoms with Crippen molar-refractivity contribution in [1.29, 1.82) is 0 Å². The van der Waals surface area contributed by atoms with E-state index in [0.717, 1.165) is 32.4 Å². The van der Waals surface area contributed by atoms with Crippen LogP contribution in [0.4, 0.5) is 0 Å². The molecular weight excluding hydrogens is 236 g/mol. The maximum absolute atomic E-state index is 12.7. The van der Waals surface area contributed by atoms with Crippen molar-refractivity contribution in [2.24, 2.45) is 23.0 Å². The van der Waals surface area contributed by atoms with Gasteiger partial charge in [-0.1, -0.05) is 27.2 Å². The van der Waals surface area contributed by atoms with Crippen LogP contribution in [-0.2, 0) is 4.79 Å². The Morgan fingerprint density at radius 1 is 1.32 bits per heavy atom. The molecule has 0 aromatic carbocycles. The topological polar surface area (TPSA) is 46.3 Å². The summed E-state index contributed by atoms with van der Waals surface area (Å²) in [6.45, 7) is 8.54. The molecule has 1 aliphatic heterocycles. The smallest absolute Gasteiger partial charge is 0.225 e. The Balaban J connectivity index is 1.94. The molecule has 0 aromatic heterocycles. The molecule has 1 aliphatic carbocycles. The minimum absolute atomic E-state index is 0.153. The summed E-state index contributed by atoms with van der Waals surface area (Å²) in [4.78, 5) is 14.8. The van der Waals surface area contributed by atoms with E-state index in [1.165, 1.54) is 19.3 Å². The first-order valence-electron chi connectivity index (χ1n) is 7.93. The lowest BCUT2D eigenvalue weighted by Gasteiger charge is -2.41. The quantitative estimate of drug-likeness (QED) is 0.835. The Bertz CT molecular complexity index is 327. The van der Waals surface area contributed by atoms with Gasteiger partial charge in [-0.25, -0.2) is 0 Å². The fourth-order valence-corrected chi connectivity index (χ4v) is 3.82. The first-order valence-corrected chi connectivity index (χ1v) is 7.93. The van der Waals surface area contributed by atoms with E-state index in [1.807, 2.05) is 0 Å². The molecule has 0 aromatic rings. The van der Waals surface area contributed by atoms with Gasteiger partial charge in [-0.05, 0) is 43.4 Å². The SMILES string of the molecule is CC(C(=O)N1CCCC(C)(C)C1)C1CCCC(N)C1. The third-order valence-electron chi connectivity index (χ3n) is 5.06. The predicted molar refractivity (Wildman–Crippen MR) is 78.7 cm³/mol. The summed E-state index contributed by atoms with van der Waals surface area (Å²) >= 11 is 0. The molecule has 110 valence electrons. The van der Waals surface area contributed by atoms with Crippen LogP contribution in [-0.4, -0.2) is 29.9 Å². The van der Waals surface area contributed by atoms with Gasteiger partial charge in [-0.3, -0.25) is 4.79 Å². The molecule has 0 radical (unpaired) electrons. The van der Waals surface area contributed by atoms with Crippen molar-refractivity contribution in [3.8, 4) is 0 Å². The molecule has 2 fully saturated rings. The lowest BCUT2D eigenvalue weighted by Crippen LogP contribution is -2.47. The number of nitrogens with two attached hydrogens (primary N) is 1. The molecule has 2 aliphatic rings. The van der Waals surface area contributed by atoms with Gasteiger partial charge in [0.1, 0.15) is 0 Å². The van der Waals surface area contributed by atoms with Crippen LogP contribution < -0.4 is 5.73 Å². The van der Waals surface area contributed by atoms with Gasteiger partial charge in [0.15, 0.2) is 0 Å². The number of hydrogen-bond donors (Lipinski definition) is 1. The molecule has 3 heteroatoms. The second-order valence-corrected chi connectivity index (χ2v) is 7.50. The first-order chi connectivity index (χ1) is 8.89. The monoisotopic (exact) mass is 266 g/mol. The molecule has 3 nitrogen and oxygen atoms in total. The highest BCUT2D eigenvalue weighted by atomic mass is 16.2. The molecule has 2 N–H and O–H groups in total. The number of amides is 1. The summed E-state index contributed by atoms with van der Waals surface area (Å²) < 4.78 is 0. The number of rotatable bonds is 2. The number of carbonyl (C=O) groups is 1. The minimum atomic E-state index is 0.153. The summed E-state index contributed by atoms with van der Waals surface area (Å²) in [7, 11) is 0. The number of nitrogens with zero attached hydrogens (tertiary/aromatic N) is 1. The first kappa shape index (κ1) is 14.8. The summed E-state index contributed by atoms with van der Waals surface area (Å²) in [5, 5.41) is 0. The van der Waals surface area contributed by atoms with Gasteiger partial charge in [0.25, 0.3) is 0 Å². The molecule has 0 bridgehead atoms. The highest BCUT2D eigenvalue weighted by Gasteiger charge is 2.35. The normalized spacial score (nSPS) is 32.9. The largest absolute Gasteiger partial charge is 0.342 e. The third-order valence-corrected chi connectivity index (χ3v) is 5.06. The maximum Gasteiger partial charge on any atom is 0.225 e.